The van der Waals surface area contributed by atoms with Crippen LogP contribution in [0.2, 0.25) is 5.02 Å². The molecular formula is C14H12ClFN2O3. The molecular weight excluding hydrogens is 299 g/mol. The van der Waals surface area contributed by atoms with E-state index in [2.05, 4.69) is 5.32 Å². The fourth-order valence-electron chi connectivity index (χ4n) is 1.79. The summed E-state index contributed by atoms with van der Waals surface area (Å²) in [6.45, 7) is 0.544. The molecule has 21 heavy (non-hydrogen) atoms. The van der Waals surface area contributed by atoms with Crippen molar-refractivity contribution in [2.24, 2.45) is 0 Å². The van der Waals surface area contributed by atoms with Crippen molar-refractivity contribution in [2.75, 3.05) is 7.05 Å². The Morgan fingerprint density at radius 3 is 2.71 bits per heavy atom. The molecule has 0 saturated heterocycles. The van der Waals surface area contributed by atoms with E-state index < -0.39 is 16.4 Å². The summed E-state index contributed by atoms with van der Waals surface area (Å²) in [5, 5.41) is 14.0. The van der Waals surface area contributed by atoms with Crippen molar-refractivity contribution in [3.05, 3.63) is 62.9 Å². The number of rotatable bonds is 5. The van der Waals surface area contributed by atoms with Gasteiger partial charge >= 0.3 is 5.69 Å². The lowest BCUT2D eigenvalue weighted by atomic mass is 10.2. The third-order valence-electron chi connectivity index (χ3n) is 2.74. The van der Waals surface area contributed by atoms with Gasteiger partial charge in [0.25, 0.3) is 0 Å². The van der Waals surface area contributed by atoms with Crippen LogP contribution >= 0.6 is 11.6 Å². The summed E-state index contributed by atoms with van der Waals surface area (Å²) in [5.74, 6) is -0.322. The summed E-state index contributed by atoms with van der Waals surface area (Å²) in [7, 11) is 1.78. The van der Waals surface area contributed by atoms with E-state index in [1.54, 1.807) is 25.2 Å². The van der Waals surface area contributed by atoms with E-state index in [4.69, 9.17) is 16.3 Å². The lowest BCUT2D eigenvalue weighted by Crippen LogP contribution is -2.06. The van der Waals surface area contributed by atoms with Gasteiger partial charge in [-0.3, -0.25) is 10.1 Å². The maximum atomic E-state index is 13.6. The fraction of sp³-hybridized carbons (Fsp3) is 0.143. The van der Waals surface area contributed by atoms with Gasteiger partial charge in [-0.2, -0.15) is 4.39 Å². The number of halogens is 2. The summed E-state index contributed by atoms with van der Waals surface area (Å²) >= 11 is 5.92. The number of benzene rings is 2. The van der Waals surface area contributed by atoms with Crippen molar-refractivity contribution in [2.45, 2.75) is 6.54 Å². The van der Waals surface area contributed by atoms with Gasteiger partial charge in [-0.15, -0.1) is 0 Å². The van der Waals surface area contributed by atoms with Gasteiger partial charge in [0.05, 0.1) is 4.92 Å². The highest BCUT2D eigenvalue weighted by Crippen LogP contribution is 2.30. The second-order valence-electron chi connectivity index (χ2n) is 4.25. The van der Waals surface area contributed by atoms with Crippen molar-refractivity contribution in [3.63, 3.8) is 0 Å². The minimum Gasteiger partial charge on any atom is -0.457 e. The van der Waals surface area contributed by atoms with Gasteiger partial charge < -0.3 is 10.1 Å². The van der Waals surface area contributed by atoms with Crippen LogP contribution in [0.4, 0.5) is 10.1 Å². The number of nitro benzene ring substituents is 1. The number of hydrogen-bond acceptors (Lipinski definition) is 4. The summed E-state index contributed by atoms with van der Waals surface area (Å²) in [6.07, 6.45) is 0. The molecule has 0 amide bonds. The molecule has 0 unspecified atom stereocenters. The Morgan fingerprint density at radius 2 is 2.10 bits per heavy atom. The second-order valence-corrected chi connectivity index (χ2v) is 4.69. The van der Waals surface area contributed by atoms with Crippen molar-refractivity contribution in [1.29, 1.82) is 0 Å². The minimum atomic E-state index is -0.949. The maximum Gasteiger partial charge on any atom is 0.305 e. The third kappa shape index (κ3) is 3.68. The van der Waals surface area contributed by atoms with Gasteiger partial charge in [-0.1, -0.05) is 17.7 Å². The Hall–Kier alpha value is -2.18. The average molecular weight is 311 g/mol. The first kappa shape index (κ1) is 15.2. The quantitative estimate of drug-likeness (QED) is 0.672. The molecule has 0 atom stereocenters. The normalized spacial score (nSPS) is 10.4. The summed E-state index contributed by atoms with van der Waals surface area (Å²) in [4.78, 5) is 9.79. The topological polar surface area (TPSA) is 64.4 Å². The third-order valence-corrected chi connectivity index (χ3v) is 2.98. The van der Waals surface area contributed by atoms with Crippen LogP contribution in [0.15, 0.2) is 36.4 Å². The molecule has 2 rings (SSSR count). The van der Waals surface area contributed by atoms with Crippen LogP contribution in [0.5, 0.6) is 11.5 Å². The molecule has 5 nitrogen and oxygen atoms in total. The number of nitro groups is 1. The molecule has 110 valence electrons. The van der Waals surface area contributed by atoms with Gasteiger partial charge in [0, 0.05) is 29.3 Å². The number of nitrogens with one attached hydrogen (secondary N) is 1. The molecule has 0 aliphatic carbocycles. The average Bonchev–Trinajstić information content (AvgIpc) is 2.41. The molecule has 0 fully saturated rings. The first-order valence-electron chi connectivity index (χ1n) is 6.06. The lowest BCUT2D eigenvalue weighted by Gasteiger charge is -2.11. The summed E-state index contributed by atoms with van der Waals surface area (Å²) in [6, 6.07) is 8.49. The van der Waals surface area contributed by atoms with E-state index in [0.717, 1.165) is 17.7 Å². The Morgan fingerprint density at radius 1 is 1.33 bits per heavy atom. The van der Waals surface area contributed by atoms with Crippen LogP contribution in [0.3, 0.4) is 0 Å². The summed E-state index contributed by atoms with van der Waals surface area (Å²) in [5.41, 5.74) is 0.240. The second kappa shape index (κ2) is 6.51. The number of ether oxygens (including phenoxy) is 1. The molecule has 0 saturated carbocycles. The van der Waals surface area contributed by atoms with Crippen LogP contribution < -0.4 is 10.1 Å². The predicted octanol–water partition coefficient (Wildman–Crippen LogP) is 3.90. The molecule has 0 heterocycles. The zero-order valence-corrected chi connectivity index (χ0v) is 11.9. The molecule has 0 aromatic heterocycles. The first-order chi connectivity index (χ1) is 10.0. The highest BCUT2D eigenvalue weighted by Gasteiger charge is 2.15. The van der Waals surface area contributed by atoms with Crippen LogP contribution in [0.25, 0.3) is 0 Å². The smallest absolute Gasteiger partial charge is 0.305 e. The molecule has 1 N–H and O–H groups in total. The zero-order chi connectivity index (χ0) is 15.4. The molecule has 0 radical (unpaired) electrons. The van der Waals surface area contributed by atoms with Crippen LogP contribution in [-0.4, -0.2) is 12.0 Å². The van der Waals surface area contributed by atoms with Gasteiger partial charge in [-0.05, 0) is 25.2 Å². The lowest BCUT2D eigenvalue weighted by molar-refractivity contribution is -0.387. The Labute approximate surface area is 125 Å². The van der Waals surface area contributed by atoms with Crippen LogP contribution in [0, 0.1) is 15.9 Å². The SMILES string of the molecule is CNCc1ccc(Cl)cc1Oc1ccc([N+](=O)[O-])c(F)c1. The highest BCUT2D eigenvalue weighted by atomic mass is 35.5. The molecule has 0 aliphatic heterocycles. The van der Waals surface area contributed by atoms with E-state index >= 15 is 0 Å². The zero-order valence-electron chi connectivity index (χ0n) is 11.1. The molecule has 2 aromatic carbocycles. The molecule has 7 heteroatoms. The van der Waals surface area contributed by atoms with E-state index in [0.29, 0.717) is 17.3 Å². The number of nitrogens with zero attached hydrogens (tertiary/aromatic N) is 1. The van der Waals surface area contributed by atoms with Gasteiger partial charge in [0.15, 0.2) is 0 Å². The highest BCUT2D eigenvalue weighted by molar-refractivity contribution is 6.30. The molecule has 0 bridgehead atoms. The Balaban J connectivity index is 2.31. The van der Waals surface area contributed by atoms with E-state index in [9.17, 15) is 14.5 Å². The molecule has 2 aromatic rings. The van der Waals surface area contributed by atoms with Crippen LogP contribution in [-0.2, 0) is 6.54 Å². The van der Waals surface area contributed by atoms with E-state index in [-0.39, 0.29) is 5.75 Å². The van der Waals surface area contributed by atoms with Gasteiger partial charge in [0.2, 0.25) is 5.82 Å². The monoisotopic (exact) mass is 310 g/mol. The summed E-state index contributed by atoms with van der Waals surface area (Å²) < 4.78 is 19.1. The standard InChI is InChI=1S/C14H12ClFN2O3/c1-17-8-9-2-3-10(15)6-14(9)21-11-4-5-13(18(19)20)12(16)7-11/h2-7,17H,8H2,1H3. The van der Waals surface area contributed by atoms with Gasteiger partial charge in [-0.25, -0.2) is 0 Å². The van der Waals surface area contributed by atoms with Crippen molar-refractivity contribution in [1.82, 2.24) is 5.32 Å². The largest absolute Gasteiger partial charge is 0.457 e. The van der Waals surface area contributed by atoms with Gasteiger partial charge in [0.1, 0.15) is 11.5 Å². The maximum absolute atomic E-state index is 13.6. The van der Waals surface area contributed by atoms with Crippen LogP contribution in [0.1, 0.15) is 5.56 Å². The van der Waals surface area contributed by atoms with E-state index in [1.807, 2.05) is 0 Å². The number of hydrogen-bond donors (Lipinski definition) is 1. The fourth-order valence-corrected chi connectivity index (χ4v) is 1.95. The van der Waals surface area contributed by atoms with E-state index in [1.165, 1.54) is 6.07 Å². The minimum absolute atomic E-state index is 0.165. The van der Waals surface area contributed by atoms with Crippen molar-refractivity contribution in [3.8, 4) is 11.5 Å². The van der Waals surface area contributed by atoms with Crippen molar-refractivity contribution < 1.29 is 14.1 Å². The first-order valence-corrected chi connectivity index (χ1v) is 6.44. The Bertz CT molecular complexity index is 679. The Kier molecular flexibility index (Phi) is 4.72. The molecule has 0 spiro atoms. The van der Waals surface area contributed by atoms with Crippen molar-refractivity contribution >= 4 is 17.3 Å². The predicted molar refractivity (Wildman–Crippen MR) is 77.3 cm³/mol. The molecule has 0 aliphatic rings.